The lowest BCUT2D eigenvalue weighted by atomic mass is 9.72. The molecule has 1 heterocycles. The van der Waals surface area contributed by atoms with Gasteiger partial charge in [-0.2, -0.15) is 0 Å². The molecule has 0 spiro atoms. The number of halogens is 1. The summed E-state index contributed by atoms with van der Waals surface area (Å²) in [6.45, 7) is 0.591. The van der Waals surface area contributed by atoms with Crippen LogP contribution in [0.5, 0.6) is 5.75 Å². The Balaban J connectivity index is 2.10. The number of nitrogens with two attached hydrogens (primary N) is 1. The van der Waals surface area contributed by atoms with E-state index >= 15 is 0 Å². The fourth-order valence-corrected chi connectivity index (χ4v) is 2.45. The van der Waals surface area contributed by atoms with Crippen molar-refractivity contribution in [2.45, 2.75) is 31.2 Å². The Bertz CT molecular complexity index is 412. The Hall–Kier alpha value is -1.09. The first-order valence-electron chi connectivity index (χ1n) is 5.44. The number of hydrogen-bond donors (Lipinski definition) is 1. The van der Waals surface area contributed by atoms with E-state index in [1.165, 1.54) is 0 Å². The topological polar surface area (TPSA) is 35.2 Å². The summed E-state index contributed by atoms with van der Waals surface area (Å²) >= 11 is 0. The molecule has 1 saturated carbocycles. The smallest absolute Gasteiger partial charge is 0.135 e. The number of fused-ring (bicyclic) bond motifs is 1. The van der Waals surface area contributed by atoms with Gasteiger partial charge in [0.25, 0.3) is 0 Å². The van der Waals surface area contributed by atoms with Gasteiger partial charge in [0.05, 0.1) is 6.61 Å². The largest absolute Gasteiger partial charge is 0.493 e. The van der Waals surface area contributed by atoms with Crippen LogP contribution in [0.25, 0.3) is 0 Å². The van der Waals surface area contributed by atoms with Crippen molar-refractivity contribution >= 4 is 0 Å². The normalized spacial score (nSPS) is 21.7. The lowest BCUT2D eigenvalue weighted by molar-refractivity contribution is 0.244. The molecule has 0 radical (unpaired) electrons. The molecule has 3 heteroatoms. The van der Waals surface area contributed by atoms with Crippen molar-refractivity contribution in [2.75, 3.05) is 6.61 Å². The molecule has 1 aliphatic carbocycles. The van der Waals surface area contributed by atoms with Crippen LogP contribution in [0.1, 0.15) is 30.4 Å². The molecule has 1 aromatic rings. The van der Waals surface area contributed by atoms with Crippen LogP contribution in [-0.2, 0) is 12.0 Å². The number of ether oxygens (including phenoxy) is 1. The van der Waals surface area contributed by atoms with Crippen LogP contribution in [0.2, 0.25) is 0 Å². The van der Waals surface area contributed by atoms with Crippen LogP contribution >= 0.6 is 0 Å². The molecule has 0 aromatic heterocycles. The lowest BCUT2D eigenvalue weighted by Crippen LogP contribution is -2.44. The van der Waals surface area contributed by atoms with Gasteiger partial charge in [-0.05, 0) is 25.3 Å². The van der Waals surface area contributed by atoms with E-state index in [2.05, 4.69) is 0 Å². The van der Waals surface area contributed by atoms with E-state index in [4.69, 9.17) is 10.5 Å². The molecule has 15 heavy (non-hydrogen) atoms. The van der Waals surface area contributed by atoms with Crippen molar-refractivity contribution in [2.24, 2.45) is 5.73 Å². The molecule has 2 aliphatic rings. The maximum atomic E-state index is 14.1. The summed E-state index contributed by atoms with van der Waals surface area (Å²) in [5, 5.41) is 0. The van der Waals surface area contributed by atoms with E-state index in [0.717, 1.165) is 19.3 Å². The van der Waals surface area contributed by atoms with Gasteiger partial charge in [0.2, 0.25) is 0 Å². The lowest BCUT2D eigenvalue weighted by Gasteiger charge is -2.39. The average Bonchev–Trinajstić information content (AvgIpc) is 2.64. The van der Waals surface area contributed by atoms with Gasteiger partial charge in [-0.3, -0.25) is 0 Å². The van der Waals surface area contributed by atoms with Crippen molar-refractivity contribution in [1.82, 2.24) is 0 Å². The van der Waals surface area contributed by atoms with E-state index in [1.54, 1.807) is 6.07 Å². The van der Waals surface area contributed by atoms with Crippen LogP contribution in [0, 0.1) is 5.82 Å². The maximum Gasteiger partial charge on any atom is 0.135 e. The summed E-state index contributed by atoms with van der Waals surface area (Å²) in [4.78, 5) is 0. The maximum absolute atomic E-state index is 14.1. The highest BCUT2D eigenvalue weighted by atomic mass is 19.1. The summed E-state index contributed by atoms with van der Waals surface area (Å²) in [5.74, 6) is 0.561. The van der Waals surface area contributed by atoms with Crippen molar-refractivity contribution < 1.29 is 9.13 Å². The Labute approximate surface area is 88.2 Å². The minimum absolute atomic E-state index is 0.132. The Morgan fingerprint density at radius 3 is 2.80 bits per heavy atom. The molecule has 1 aromatic carbocycles. The quantitative estimate of drug-likeness (QED) is 0.765. The predicted molar refractivity (Wildman–Crippen MR) is 55.3 cm³/mol. The summed E-state index contributed by atoms with van der Waals surface area (Å²) < 4.78 is 19.4. The second kappa shape index (κ2) is 2.95. The zero-order chi connectivity index (χ0) is 10.5. The SMILES string of the molecule is NC1(c2ccc3c(c2F)CCO3)CCC1. The van der Waals surface area contributed by atoms with Gasteiger partial charge < -0.3 is 10.5 Å². The second-order valence-electron chi connectivity index (χ2n) is 4.51. The molecular formula is C12H14FNO. The van der Waals surface area contributed by atoms with Gasteiger partial charge in [-0.25, -0.2) is 4.39 Å². The molecule has 0 unspecified atom stereocenters. The van der Waals surface area contributed by atoms with Gasteiger partial charge in [-0.15, -0.1) is 0 Å². The molecule has 1 fully saturated rings. The molecule has 3 rings (SSSR count). The zero-order valence-corrected chi connectivity index (χ0v) is 8.55. The van der Waals surface area contributed by atoms with Gasteiger partial charge in [0.15, 0.2) is 0 Å². The third-order valence-electron chi connectivity index (χ3n) is 3.59. The third-order valence-corrected chi connectivity index (χ3v) is 3.59. The molecule has 0 amide bonds. The van der Waals surface area contributed by atoms with E-state index in [-0.39, 0.29) is 5.82 Å². The van der Waals surface area contributed by atoms with Crippen LogP contribution in [0.4, 0.5) is 4.39 Å². The van der Waals surface area contributed by atoms with Gasteiger partial charge in [0.1, 0.15) is 11.6 Å². The first-order chi connectivity index (χ1) is 7.21. The highest BCUT2D eigenvalue weighted by Gasteiger charge is 2.38. The molecule has 2 N–H and O–H groups in total. The molecule has 2 nitrogen and oxygen atoms in total. The number of benzene rings is 1. The zero-order valence-electron chi connectivity index (χ0n) is 8.55. The first-order valence-corrected chi connectivity index (χ1v) is 5.44. The fourth-order valence-electron chi connectivity index (χ4n) is 2.45. The standard InChI is InChI=1S/C12H14FNO/c13-11-8-4-7-15-10(8)3-2-9(11)12(14)5-1-6-12/h2-3H,1,4-7,14H2. The van der Waals surface area contributed by atoms with Gasteiger partial charge in [-0.1, -0.05) is 6.07 Å². The Morgan fingerprint density at radius 1 is 1.33 bits per heavy atom. The Kier molecular flexibility index (Phi) is 1.80. The molecule has 0 saturated heterocycles. The summed E-state index contributed by atoms with van der Waals surface area (Å²) in [6.07, 6.45) is 3.56. The van der Waals surface area contributed by atoms with Crippen LogP contribution < -0.4 is 10.5 Å². The van der Waals surface area contributed by atoms with Gasteiger partial charge in [0, 0.05) is 23.1 Å². The van der Waals surface area contributed by atoms with Crippen molar-refractivity contribution in [3.05, 3.63) is 29.1 Å². The van der Waals surface area contributed by atoms with E-state index in [9.17, 15) is 4.39 Å². The third kappa shape index (κ3) is 1.19. The molecule has 80 valence electrons. The second-order valence-corrected chi connectivity index (χ2v) is 4.51. The first kappa shape index (κ1) is 9.16. The highest BCUT2D eigenvalue weighted by Crippen LogP contribution is 2.42. The average molecular weight is 207 g/mol. The van der Waals surface area contributed by atoms with Crippen LogP contribution in [0.3, 0.4) is 0 Å². The van der Waals surface area contributed by atoms with Gasteiger partial charge >= 0.3 is 0 Å². The summed E-state index contributed by atoms with van der Waals surface area (Å²) in [7, 11) is 0. The Morgan fingerprint density at radius 2 is 2.13 bits per heavy atom. The number of hydrogen-bond acceptors (Lipinski definition) is 2. The predicted octanol–water partition coefficient (Wildman–Crippen LogP) is 2.10. The molecule has 0 bridgehead atoms. The molecule has 1 aliphatic heterocycles. The van der Waals surface area contributed by atoms with Crippen LogP contribution in [-0.4, -0.2) is 6.61 Å². The van der Waals surface area contributed by atoms with E-state index < -0.39 is 5.54 Å². The summed E-state index contributed by atoms with van der Waals surface area (Å²) in [5.41, 5.74) is 7.11. The van der Waals surface area contributed by atoms with E-state index in [1.807, 2.05) is 6.07 Å². The summed E-state index contributed by atoms with van der Waals surface area (Å²) in [6, 6.07) is 3.65. The molecular weight excluding hydrogens is 193 g/mol. The fraction of sp³-hybridized carbons (Fsp3) is 0.500. The molecule has 0 atom stereocenters. The van der Waals surface area contributed by atoms with E-state index in [0.29, 0.717) is 29.9 Å². The minimum Gasteiger partial charge on any atom is -0.493 e. The van der Waals surface area contributed by atoms with Crippen molar-refractivity contribution in [1.29, 1.82) is 0 Å². The van der Waals surface area contributed by atoms with Crippen LogP contribution in [0.15, 0.2) is 12.1 Å². The minimum atomic E-state index is -0.415. The monoisotopic (exact) mass is 207 g/mol. The van der Waals surface area contributed by atoms with Crippen molar-refractivity contribution in [3.63, 3.8) is 0 Å². The van der Waals surface area contributed by atoms with Crippen molar-refractivity contribution in [3.8, 4) is 5.75 Å². The number of rotatable bonds is 1. The highest BCUT2D eigenvalue weighted by molar-refractivity contribution is 5.44.